The van der Waals surface area contributed by atoms with Crippen molar-refractivity contribution in [3.05, 3.63) is 33.2 Å². The van der Waals surface area contributed by atoms with Gasteiger partial charge < -0.3 is 9.64 Å². The van der Waals surface area contributed by atoms with Crippen molar-refractivity contribution in [1.82, 2.24) is 24.5 Å². The van der Waals surface area contributed by atoms with Crippen molar-refractivity contribution < 1.29 is 14.5 Å². The van der Waals surface area contributed by atoms with Gasteiger partial charge in [-0.05, 0) is 6.92 Å². The van der Waals surface area contributed by atoms with Gasteiger partial charge >= 0.3 is 11.6 Å². The van der Waals surface area contributed by atoms with Crippen LogP contribution in [0.4, 0.5) is 5.69 Å². The van der Waals surface area contributed by atoms with E-state index in [2.05, 4.69) is 10.2 Å². The summed E-state index contributed by atoms with van der Waals surface area (Å²) < 4.78 is 7.67. The minimum atomic E-state index is -0.617. The molecule has 130 valence electrons. The Hall–Kier alpha value is -2.62. The van der Waals surface area contributed by atoms with Crippen molar-refractivity contribution in [2.75, 3.05) is 14.2 Å². The van der Waals surface area contributed by atoms with Crippen LogP contribution in [-0.4, -0.2) is 49.4 Å². The Bertz CT molecular complexity index is 756. The summed E-state index contributed by atoms with van der Waals surface area (Å²) in [5.41, 5.74) is 0.288. The van der Waals surface area contributed by atoms with Crippen LogP contribution in [0.15, 0.2) is 12.4 Å². The molecule has 0 unspecified atom stereocenters. The number of hydrogen-bond donors (Lipinski definition) is 0. The van der Waals surface area contributed by atoms with Crippen LogP contribution >= 0.6 is 11.6 Å². The number of hydrogen-bond acceptors (Lipinski definition) is 6. The maximum absolute atomic E-state index is 12.3. The standard InChI is InChI=1S/C13H17ClN6O4/c1-4-18-5-9(14)10(15-18)6-17(2)12(21)8-19-7-11(20(22)23)13(16-19)24-3/h5,7H,4,6,8H2,1-3H3. The second-order valence-corrected chi connectivity index (χ2v) is 5.41. The number of methoxy groups -OCH3 is 1. The zero-order chi connectivity index (χ0) is 17.9. The molecule has 2 aromatic rings. The van der Waals surface area contributed by atoms with E-state index >= 15 is 0 Å². The van der Waals surface area contributed by atoms with Crippen LogP contribution in [0.5, 0.6) is 5.88 Å². The van der Waals surface area contributed by atoms with Crippen LogP contribution < -0.4 is 4.74 Å². The van der Waals surface area contributed by atoms with E-state index in [0.29, 0.717) is 17.3 Å². The number of rotatable bonds is 7. The van der Waals surface area contributed by atoms with Crippen LogP contribution in [0.25, 0.3) is 0 Å². The SMILES string of the molecule is CCn1cc(Cl)c(CN(C)C(=O)Cn2cc([N+](=O)[O-])c(OC)n2)n1. The lowest BCUT2D eigenvalue weighted by Gasteiger charge is -2.15. The molecule has 0 aromatic carbocycles. The highest BCUT2D eigenvalue weighted by Crippen LogP contribution is 2.24. The molecule has 0 saturated heterocycles. The van der Waals surface area contributed by atoms with E-state index < -0.39 is 4.92 Å². The summed E-state index contributed by atoms with van der Waals surface area (Å²) in [5, 5.41) is 19.5. The van der Waals surface area contributed by atoms with E-state index in [1.165, 1.54) is 16.7 Å². The lowest BCUT2D eigenvalue weighted by molar-refractivity contribution is -0.385. The summed E-state index contributed by atoms with van der Waals surface area (Å²) in [4.78, 5) is 23.9. The number of aromatic nitrogens is 4. The fourth-order valence-electron chi connectivity index (χ4n) is 2.02. The molecule has 10 nitrogen and oxygen atoms in total. The van der Waals surface area contributed by atoms with E-state index in [1.807, 2.05) is 6.92 Å². The van der Waals surface area contributed by atoms with Gasteiger partial charge in [-0.1, -0.05) is 11.6 Å². The van der Waals surface area contributed by atoms with Gasteiger partial charge in [-0.3, -0.25) is 24.3 Å². The minimum Gasteiger partial charge on any atom is -0.475 e. The third kappa shape index (κ3) is 3.82. The summed E-state index contributed by atoms with van der Waals surface area (Å²) >= 11 is 6.08. The summed E-state index contributed by atoms with van der Waals surface area (Å²) in [6.45, 7) is 2.67. The van der Waals surface area contributed by atoms with Gasteiger partial charge in [0.1, 0.15) is 18.4 Å². The lowest BCUT2D eigenvalue weighted by Crippen LogP contribution is -2.30. The molecule has 11 heteroatoms. The first-order valence-electron chi connectivity index (χ1n) is 7.07. The lowest BCUT2D eigenvalue weighted by atomic mass is 10.4. The fraction of sp³-hybridized carbons (Fsp3) is 0.462. The molecule has 1 amide bonds. The second-order valence-electron chi connectivity index (χ2n) is 5.01. The molecule has 0 aliphatic rings. The number of amides is 1. The molecule has 0 aliphatic heterocycles. The molecule has 0 bridgehead atoms. The van der Waals surface area contributed by atoms with Crippen LogP contribution in [0.2, 0.25) is 5.02 Å². The molecular weight excluding hydrogens is 340 g/mol. The zero-order valence-corrected chi connectivity index (χ0v) is 14.2. The minimum absolute atomic E-state index is 0.139. The van der Waals surface area contributed by atoms with Gasteiger partial charge in [-0.15, -0.1) is 5.10 Å². The Morgan fingerprint density at radius 1 is 1.42 bits per heavy atom. The first-order chi connectivity index (χ1) is 11.3. The van der Waals surface area contributed by atoms with Gasteiger partial charge in [0.05, 0.1) is 23.6 Å². The van der Waals surface area contributed by atoms with Crippen molar-refractivity contribution in [3.8, 4) is 5.88 Å². The van der Waals surface area contributed by atoms with Gasteiger partial charge in [0.15, 0.2) is 0 Å². The number of aryl methyl sites for hydroxylation is 1. The molecule has 0 fully saturated rings. The molecule has 2 heterocycles. The molecular formula is C13H17ClN6O4. The average Bonchev–Trinajstić information content (AvgIpc) is 3.10. The Morgan fingerprint density at radius 2 is 2.12 bits per heavy atom. The van der Waals surface area contributed by atoms with Gasteiger partial charge in [-0.2, -0.15) is 5.10 Å². The van der Waals surface area contributed by atoms with Gasteiger partial charge in [0.2, 0.25) is 5.91 Å². The van der Waals surface area contributed by atoms with Crippen molar-refractivity contribution in [3.63, 3.8) is 0 Å². The van der Waals surface area contributed by atoms with Crippen molar-refractivity contribution in [2.24, 2.45) is 0 Å². The number of carbonyl (C=O) groups is 1. The molecule has 0 saturated carbocycles. The van der Waals surface area contributed by atoms with E-state index in [4.69, 9.17) is 16.3 Å². The number of nitro groups is 1. The smallest absolute Gasteiger partial charge is 0.350 e. The average molecular weight is 357 g/mol. The van der Waals surface area contributed by atoms with Gasteiger partial charge in [0, 0.05) is 19.8 Å². The Morgan fingerprint density at radius 3 is 2.62 bits per heavy atom. The van der Waals surface area contributed by atoms with Crippen molar-refractivity contribution in [2.45, 2.75) is 26.6 Å². The van der Waals surface area contributed by atoms with Gasteiger partial charge in [-0.25, -0.2) is 0 Å². The third-order valence-corrected chi connectivity index (χ3v) is 3.64. The number of halogens is 1. The number of likely N-dealkylation sites (N-methyl/N-ethyl adjacent to an activating group) is 1. The first-order valence-corrected chi connectivity index (χ1v) is 7.45. The largest absolute Gasteiger partial charge is 0.475 e. The molecule has 0 spiro atoms. The molecule has 24 heavy (non-hydrogen) atoms. The van der Waals surface area contributed by atoms with Gasteiger partial charge in [0.25, 0.3) is 0 Å². The molecule has 2 rings (SSSR count). The van der Waals surface area contributed by atoms with E-state index in [1.54, 1.807) is 17.9 Å². The second kappa shape index (κ2) is 7.30. The Balaban J connectivity index is 2.06. The molecule has 2 aromatic heterocycles. The Labute approximate surface area is 142 Å². The maximum Gasteiger partial charge on any atom is 0.350 e. The van der Waals surface area contributed by atoms with Crippen LogP contribution in [0.1, 0.15) is 12.6 Å². The molecule has 0 radical (unpaired) electrons. The van der Waals surface area contributed by atoms with E-state index in [0.717, 1.165) is 6.20 Å². The molecule has 0 atom stereocenters. The van der Waals surface area contributed by atoms with Crippen LogP contribution in [0.3, 0.4) is 0 Å². The number of ether oxygens (including phenoxy) is 1. The maximum atomic E-state index is 12.3. The topological polar surface area (TPSA) is 108 Å². The highest BCUT2D eigenvalue weighted by atomic mass is 35.5. The fourth-order valence-corrected chi connectivity index (χ4v) is 2.23. The predicted molar refractivity (Wildman–Crippen MR) is 84.8 cm³/mol. The highest BCUT2D eigenvalue weighted by Gasteiger charge is 2.22. The summed E-state index contributed by atoms with van der Waals surface area (Å²) in [5.74, 6) is -0.433. The summed E-state index contributed by atoms with van der Waals surface area (Å²) in [6.07, 6.45) is 2.85. The van der Waals surface area contributed by atoms with Crippen LogP contribution in [0, 0.1) is 10.1 Å². The quantitative estimate of drug-likeness (QED) is 0.547. The highest BCUT2D eigenvalue weighted by molar-refractivity contribution is 6.31. The Kier molecular flexibility index (Phi) is 5.39. The normalized spacial score (nSPS) is 10.7. The monoisotopic (exact) mass is 356 g/mol. The summed E-state index contributed by atoms with van der Waals surface area (Å²) in [6, 6.07) is 0. The number of carbonyl (C=O) groups excluding carboxylic acids is 1. The first kappa shape index (κ1) is 17.7. The molecule has 0 aliphatic carbocycles. The van der Waals surface area contributed by atoms with Crippen molar-refractivity contribution in [1.29, 1.82) is 0 Å². The van der Waals surface area contributed by atoms with Crippen LogP contribution in [-0.2, 0) is 24.4 Å². The number of nitrogens with zero attached hydrogens (tertiary/aromatic N) is 6. The predicted octanol–water partition coefficient (Wildman–Crippen LogP) is 1.33. The van der Waals surface area contributed by atoms with E-state index in [-0.39, 0.29) is 30.6 Å². The summed E-state index contributed by atoms with van der Waals surface area (Å²) in [7, 11) is 2.87. The molecule has 0 N–H and O–H groups in total. The third-order valence-electron chi connectivity index (χ3n) is 3.32. The van der Waals surface area contributed by atoms with Crippen molar-refractivity contribution >= 4 is 23.2 Å². The zero-order valence-electron chi connectivity index (χ0n) is 13.5. The van der Waals surface area contributed by atoms with E-state index in [9.17, 15) is 14.9 Å².